The predicted molar refractivity (Wildman–Crippen MR) is 266 cm³/mol. The Labute approximate surface area is 371 Å². The van der Waals surface area contributed by atoms with Crippen LogP contribution in [0.5, 0.6) is 0 Å². The van der Waals surface area contributed by atoms with E-state index in [9.17, 15) is 0 Å². The van der Waals surface area contributed by atoms with Crippen molar-refractivity contribution in [1.29, 1.82) is 0 Å². The van der Waals surface area contributed by atoms with Gasteiger partial charge in [0.15, 0.2) is 0 Å². The zero-order valence-electron chi connectivity index (χ0n) is 36.0. The minimum absolute atomic E-state index is 0.948. The Bertz CT molecular complexity index is 2440. The van der Waals surface area contributed by atoms with Crippen molar-refractivity contribution in [3.05, 3.63) is 157 Å². The third-order valence-corrected chi connectivity index (χ3v) is 17.0. The molecule has 0 spiro atoms. The molecular formula is C52H52N4S4. The summed E-state index contributed by atoms with van der Waals surface area (Å²) in [6.45, 7) is 18.2. The van der Waals surface area contributed by atoms with Crippen LogP contribution >= 0.6 is 45.3 Å². The lowest BCUT2D eigenvalue weighted by atomic mass is 9.95. The van der Waals surface area contributed by atoms with Crippen molar-refractivity contribution >= 4 is 90.5 Å². The van der Waals surface area contributed by atoms with Gasteiger partial charge >= 0.3 is 0 Å². The highest BCUT2D eigenvalue weighted by molar-refractivity contribution is 7.11. The van der Waals surface area contributed by atoms with Crippen LogP contribution < -0.4 is 0 Å². The molecule has 4 aromatic heterocycles. The minimum Gasteiger partial charge on any atom is -0.248 e. The number of allylic oxidation sites excluding steroid dienone is 12. The number of rotatable bonds is 12. The molecule has 0 fully saturated rings. The number of hydrogen-bond acceptors (Lipinski definition) is 8. The van der Waals surface area contributed by atoms with Crippen molar-refractivity contribution in [3.8, 4) is 0 Å². The fourth-order valence-electron chi connectivity index (χ4n) is 9.46. The molecule has 4 aromatic rings. The van der Waals surface area contributed by atoms with Crippen LogP contribution in [0.1, 0.15) is 119 Å². The zero-order chi connectivity index (χ0) is 41.7. The summed E-state index contributed by atoms with van der Waals surface area (Å²) in [5.74, 6) is 0. The molecule has 0 N–H and O–H groups in total. The van der Waals surface area contributed by atoms with Gasteiger partial charge in [-0.05, 0) is 144 Å². The first kappa shape index (κ1) is 40.8. The number of hydrogen-bond donors (Lipinski definition) is 0. The van der Waals surface area contributed by atoms with Crippen LogP contribution in [0.3, 0.4) is 0 Å². The maximum atomic E-state index is 5.63. The van der Waals surface area contributed by atoms with Gasteiger partial charge in [-0.2, -0.15) is 0 Å². The smallest absolute Gasteiger partial charge is 0.0738 e. The quantitative estimate of drug-likeness (QED) is 0.136. The molecule has 0 unspecified atom stereocenters. The van der Waals surface area contributed by atoms with E-state index in [1.165, 1.54) is 64.0 Å². The molecule has 0 radical (unpaired) electrons. The molecule has 9 rings (SSSR count). The summed E-state index contributed by atoms with van der Waals surface area (Å²) in [6.07, 6.45) is 25.6. The maximum absolute atomic E-state index is 5.63. The average Bonchev–Trinajstić information content (AvgIpc) is 4.13. The third kappa shape index (κ3) is 6.75. The molecule has 0 aliphatic carbocycles. The highest BCUT2D eigenvalue weighted by Crippen LogP contribution is 2.44. The molecule has 60 heavy (non-hydrogen) atoms. The molecule has 0 saturated heterocycles. The number of aliphatic imine (C=N–C) groups is 4. The lowest BCUT2D eigenvalue weighted by molar-refractivity contribution is 1.07. The topological polar surface area (TPSA) is 49.4 Å². The second-order valence-corrected chi connectivity index (χ2v) is 19.3. The molecule has 0 atom stereocenters. The van der Waals surface area contributed by atoms with Gasteiger partial charge < -0.3 is 0 Å². The van der Waals surface area contributed by atoms with E-state index >= 15 is 0 Å². The van der Waals surface area contributed by atoms with Crippen molar-refractivity contribution in [3.63, 3.8) is 0 Å². The van der Waals surface area contributed by atoms with Crippen molar-refractivity contribution in [1.82, 2.24) is 0 Å². The first-order valence-corrected chi connectivity index (χ1v) is 25.3. The van der Waals surface area contributed by atoms with E-state index in [1.54, 1.807) is 0 Å². The predicted octanol–water partition coefficient (Wildman–Crippen LogP) is 14.4. The summed E-state index contributed by atoms with van der Waals surface area (Å²) >= 11 is 7.44. The van der Waals surface area contributed by atoms with Crippen LogP contribution in [0.15, 0.2) is 113 Å². The van der Waals surface area contributed by atoms with Gasteiger partial charge in [0, 0.05) is 64.1 Å². The van der Waals surface area contributed by atoms with E-state index in [4.69, 9.17) is 20.0 Å². The summed E-state index contributed by atoms with van der Waals surface area (Å²) in [4.78, 5) is 28.2. The fraction of sp³-hybridized carbons (Fsp3) is 0.308. The SMILES string of the molecule is CCc1scc(C2=C3C=CC(=N3)C(c3csc(CC)c3CC)=C3C=CC(=N3)C(c3csc(CC)c3CC)=C3C=CC(=N3)C(c3csc(CC)c3CC)=C3C=CC2=N3)c1CC. The maximum Gasteiger partial charge on any atom is 0.0738 e. The molecule has 4 nitrogen and oxygen atoms in total. The first-order valence-electron chi connectivity index (χ1n) is 21.8. The van der Waals surface area contributed by atoms with Gasteiger partial charge in [-0.15, -0.1) is 45.3 Å². The summed E-state index contributed by atoms with van der Waals surface area (Å²) in [5, 5.41) is 9.38. The van der Waals surface area contributed by atoms with Crippen LogP contribution in [0.4, 0.5) is 0 Å². The van der Waals surface area contributed by atoms with Crippen molar-refractivity contribution < 1.29 is 0 Å². The number of fused-ring (bicyclic) bond motifs is 4. The van der Waals surface area contributed by atoms with Crippen molar-refractivity contribution in [2.75, 3.05) is 0 Å². The van der Waals surface area contributed by atoms with Crippen LogP contribution in [0.2, 0.25) is 0 Å². The molecule has 8 bridgehead atoms. The van der Waals surface area contributed by atoms with Gasteiger partial charge in [0.05, 0.1) is 45.6 Å². The molecule has 5 aliphatic rings. The lowest BCUT2D eigenvalue weighted by Gasteiger charge is -2.14. The molecule has 8 heteroatoms. The highest BCUT2D eigenvalue weighted by atomic mass is 32.1. The minimum atomic E-state index is 0.948. The number of aryl methyl sites for hydroxylation is 4. The average molecular weight is 861 g/mol. The van der Waals surface area contributed by atoms with E-state index in [-0.39, 0.29) is 0 Å². The van der Waals surface area contributed by atoms with E-state index in [2.05, 4.69) is 126 Å². The highest BCUT2D eigenvalue weighted by Gasteiger charge is 2.31. The van der Waals surface area contributed by atoms with E-state index in [0.717, 1.165) is 119 Å². The third-order valence-electron chi connectivity index (χ3n) is 12.3. The van der Waals surface area contributed by atoms with Gasteiger partial charge in [-0.1, -0.05) is 55.4 Å². The Kier molecular flexibility index (Phi) is 11.6. The van der Waals surface area contributed by atoms with Gasteiger partial charge in [-0.3, -0.25) is 0 Å². The molecule has 304 valence electrons. The lowest BCUT2D eigenvalue weighted by Crippen LogP contribution is -2.05. The fourth-order valence-corrected chi connectivity index (χ4v) is 13.8. The summed E-state index contributed by atoms with van der Waals surface area (Å²) < 4.78 is 0. The summed E-state index contributed by atoms with van der Waals surface area (Å²) in [5.41, 5.74) is 22.5. The van der Waals surface area contributed by atoms with Gasteiger partial charge in [0.1, 0.15) is 0 Å². The Hall–Kier alpha value is -4.60. The van der Waals surface area contributed by atoms with E-state index in [1.807, 2.05) is 45.3 Å². The van der Waals surface area contributed by atoms with Crippen LogP contribution in [0.25, 0.3) is 22.3 Å². The molecule has 0 saturated carbocycles. The molecule has 0 amide bonds. The number of thiophene rings is 4. The second kappa shape index (κ2) is 17.0. The van der Waals surface area contributed by atoms with Crippen molar-refractivity contribution in [2.24, 2.45) is 20.0 Å². The zero-order valence-corrected chi connectivity index (χ0v) is 39.3. The second-order valence-electron chi connectivity index (χ2n) is 15.4. The van der Waals surface area contributed by atoms with Crippen LogP contribution in [-0.4, -0.2) is 22.8 Å². The first-order chi connectivity index (χ1) is 29.4. The standard InChI is InChI=1S/C52H52N4S4/c1-9-29-33(25-57-45(29)13-5)49-37-17-19-39(53-37)50(34-26-58-46(14-6)30(34)10-2)41-21-23-43(55-41)52(36-28-60-48(16-8)32(36)12-4)44-24-22-42(56-44)51(40-20-18-38(49)54-40)35-27-59-47(15-7)31(35)11-3/h17-28H,9-16H2,1-8H3. The Morgan fingerprint density at radius 2 is 0.517 bits per heavy atom. The Morgan fingerprint density at radius 1 is 0.300 bits per heavy atom. The van der Waals surface area contributed by atoms with E-state index < -0.39 is 0 Å². The van der Waals surface area contributed by atoms with Gasteiger partial charge in [0.2, 0.25) is 0 Å². The largest absolute Gasteiger partial charge is 0.248 e. The molecule has 5 aliphatic heterocycles. The van der Waals surface area contributed by atoms with E-state index in [0.29, 0.717) is 0 Å². The molecule has 9 heterocycles. The monoisotopic (exact) mass is 860 g/mol. The van der Waals surface area contributed by atoms with Gasteiger partial charge in [-0.25, -0.2) is 20.0 Å². The molecular weight excluding hydrogens is 809 g/mol. The summed E-state index contributed by atoms with van der Waals surface area (Å²) in [6, 6.07) is 0. The Balaban J connectivity index is 1.40. The summed E-state index contributed by atoms with van der Waals surface area (Å²) in [7, 11) is 0. The molecule has 0 aromatic carbocycles. The Morgan fingerprint density at radius 3 is 0.700 bits per heavy atom. The van der Waals surface area contributed by atoms with Crippen LogP contribution in [0, 0.1) is 0 Å². The van der Waals surface area contributed by atoms with Crippen LogP contribution in [-0.2, 0) is 51.4 Å². The van der Waals surface area contributed by atoms with Crippen molar-refractivity contribution in [2.45, 2.75) is 107 Å². The normalized spacial score (nSPS) is 17.1. The number of nitrogens with zero attached hydrogens (tertiary/aromatic N) is 4. The van der Waals surface area contributed by atoms with Gasteiger partial charge in [0.25, 0.3) is 0 Å².